The van der Waals surface area contributed by atoms with Crippen molar-refractivity contribution in [3.8, 4) is 6.01 Å². The second kappa shape index (κ2) is 7.59. The van der Waals surface area contributed by atoms with E-state index in [4.69, 9.17) is 9.47 Å². The van der Waals surface area contributed by atoms with Crippen molar-refractivity contribution in [3.63, 3.8) is 0 Å². The van der Waals surface area contributed by atoms with Crippen molar-refractivity contribution >= 4 is 27.4 Å². The lowest BCUT2D eigenvalue weighted by Crippen LogP contribution is -2.09. The summed E-state index contributed by atoms with van der Waals surface area (Å²) in [6, 6.07) is 6.38. The van der Waals surface area contributed by atoms with E-state index >= 15 is 0 Å². The smallest absolute Gasteiger partial charge is 0.319 e. The summed E-state index contributed by atoms with van der Waals surface area (Å²) in [7, 11) is 1.63. The van der Waals surface area contributed by atoms with Gasteiger partial charge in [0.25, 0.3) is 0 Å². The first-order valence-corrected chi connectivity index (χ1v) is 9.38. The van der Waals surface area contributed by atoms with E-state index in [9.17, 15) is 0 Å². The second-order valence-corrected chi connectivity index (χ2v) is 7.10. The molecule has 1 N–H and O–H groups in total. The van der Waals surface area contributed by atoms with E-state index in [1.807, 2.05) is 6.07 Å². The third-order valence-electron chi connectivity index (χ3n) is 4.22. The van der Waals surface area contributed by atoms with Crippen LogP contribution in [0, 0.1) is 0 Å². The van der Waals surface area contributed by atoms with Crippen LogP contribution in [0.4, 0.5) is 5.82 Å². The minimum atomic E-state index is 0.308. The highest BCUT2D eigenvalue weighted by Crippen LogP contribution is 2.39. The number of fused-ring (bicyclic) bond motifs is 1. The van der Waals surface area contributed by atoms with Gasteiger partial charge in [-0.15, -0.1) is 0 Å². The van der Waals surface area contributed by atoms with E-state index in [-0.39, 0.29) is 0 Å². The van der Waals surface area contributed by atoms with E-state index in [1.54, 1.807) is 7.11 Å². The molecule has 1 saturated carbocycles. The first kappa shape index (κ1) is 17.2. The van der Waals surface area contributed by atoms with Gasteiger partial charge in [-0.3, -0.25) is 0 Å². The fourth-order valence-corrected chi connectivity index (χ4v) is 3.12. The summed E-state index contributed by atoms with van der Waals surface area (Å²) in [5.41, 5.74) is 3.31. The Morgan fingerprint density at radius 3 is 2.88 bits per heavy atom. The zero-order valence-electron chi connectivity index (χ0n) is 14.5. The summed E-state index contributed by atoms with van der Waals surface area (Å²) in [5.74, 6) is 1.41. The van der Waals surface area contributed by atoms with Gasteiger partial charge in [0.15, 0.2) is 0 Å². The molecule has 1 aliphatic rings. The highest BCUT2D eigenvalue weighted by atomic mass is 79.9. The molecule has 3 aromatic rings. The van der Waals surface area contributed by atoms with E-state index in [2.05, 4.69) is 65.1 Å². The molecule has 0 aliphatic heterocycles. The average molecular weight is 418 g/mol. The largest absolute Gasteiger partial charge is 0.461 e. The number of hydrogen-bond acceptors (Lipinski definition) is 6. The highest BCUT2D eigenvalue weighted by Gasteiger charge is 2.23. The number of nitrogens with one attached hydrogen (secondary N) is 1. The van der Waals surface area contributed by atoms with Crippen LogP contribution >= 0.6 is 15.9 Å². The van der Waals surface area contributed by atoms with Gasteiger partial charge < -0.3 is 19.2 Å². The molecule has 0 amide bonds. The number of imidazole rings is 1. The Bertz CT molecular complexity index is 910. The molecule has 8 heteroatoms. The molecule has 26 heavy (non-hydrogen) atoms. The van der Waals surface area contributed by atoms with Crippen molar-refractivity contribution in [3.05, 3.63) is 46.5 Å². The zero-order chi connectivity index (χ0) is 17.9. The number of ether oxygens (including phenoxy) is 2. The third-order valence-corrected chi connectivity index (χ3v) is 4.62. The predicted molar refractivity (Wildman–Crippen MR) is 102 cm³/mol. The Balaban J connectivity index is 1.43. The first-order chi connectivity index (χ1) is 12.7. The number of pyridine rings is 1. The molecule has 0 spiro atoms. The van der Waals surface area contributed by atoms with Gasteiger partial charge in [0.1, 0.15) is 22.7 Å². The molecular weight excluding hydrogens is 398 g/mol. The molecule has 3 aromatic heterocycles. The van der Waals surface area contributed by atoms with Crippen LogP contribution < -0.4 is 10.1 Å². The van der Waals surface area contributed by atoms with Crippen LogP contribution in [-0.2, 0) is 11.3 Å². The fraction of sp³-hybridized carbons (Fsp3) is 0.389. The van der Waals surface area contributed by atoms with Gasteiger partial charge in [-0.25, -0.2) is 4.98 Å². The zero-order valence-corrected chi connectivity index (χ0v) is 16.1. The van der Waals surface area contributed by atoms with Crippen LogP contribution in [0.2, 0.25) is 0 Å². The van der Waals surface area contributed by atoms with E-state index in [0.29, 0.717) is 36.2 Å². The molecule has 3 heterocycles. The van der Waals surface area contributed by atoms with Crippen molar-refractivity contribution in [2.24, 2.45) is 0 Å². The summed E-state index contributed by atoms with van der Waals surface area (Å²) in [6.45, 7) is 1.46. The van der Waals surface area contributed by atoms with Crippen molar-refractivity contribution in [2.75, 3.05) is 25.6 Å². The molecule has 0 radical (unpaired) electrons. The molecular formula is C18H20BrN5O2. The Morgan fingerprint density at radius 1 is 1.19 bits per heavy atom. The predicted octanol–water partition coefficient (Wildman–Crippen LogP) is 3.40. The molecule has 136 valence electrons. The summed E-state index contributed by atoms with van der Waals surface area (Å²) >= 11 is 3.38. The second-order valence-electron chi connectivity index (χ2n) is 6.29. The maximum atomic E-state index is 5.47. The molecule has 0 unspecified atom stereocenters. The maximum Gasteiger partial charge on any atom is 0.319 e. The number of halogens is 1. The molecule has 7 nitrogen and oxygen atoms in total. The first-order valence-electron chi connectivity index (χ1n) is 8.59. The minimum absolute atomic E-state index is 0.308. The summed E-state index contributed by atoms with van der Waals surface area (Å²) in [4.78, 5) is 13.2. The number of anilines is 1. The fourth-order valence-electron chi connectivity index (χ4n) is 2.75. The van der Waals surface area contributed by atoms with Gasteiger partial charge in [0.2, 0.25) is 0 Å². The molecule has 1 aliphatic carbocycles. The lowest BCUT2D eigenvalue weighted by Gasteiger charge is -2.07. The molecule has 0 atom stereocenters. The lowest BCUT2D eigenvalue weighted by molar-refractivity contribution is 0.141. The van der Waals surface area contributed by atoms with Crippen molar-refractivity contribution in [1.29, 1.82) is 0 Å². The average Bonchev–Trinajstić information content (AvgIpc) is 3.39. The number of hydrogen-bond donors (Lipinski definition) is 1. The normalized spacial score (nSPS) is 13.9. The number of aromatic nitrogens is 4. The van der Waals surface area contributed by atoms with Crippen LogP contribution in [0.15, 0.2) is 35.2 Å². The van der Waals surface area contributed by atoms with Crippen LogP contribution in [0.5, 0.6) is 6.01 Å². The molecule has 1 fully saturated rings. The highest BCUT2D eigenvalue weighted by molar-refractivity contribution is 9.10. The molecule has 0 bridgehead atoms. The van der Waals surface area contributed by atoms with Gasteiger partial charge >= 0.3 is 6.01 Å². The van der Waals surface area contributed by atoms with E-state index in [1.165, 1.54) is 18.4 Å². The maximum absolute atomic E-state index is 5.47. The van der Waals surface area contributed by atoms with Gasteiger partial charge in [-0.1, -0.05) is 6.07 Å². The Labute approximate surface area is 159 Å². The number of rotatable bonds is 8. The van der Waals surface area contributed by atoms with Gasteiger partial charge in [-0.05, 0) is 46.3 Å². The summed E-state index contributed by atoms with van der Waals surface area (Å²) in [6.07, 6.45) is 6.84. The molecule has 0 saturated heterocycles. The number of methoxy groups -OCH3 is 1. The van der Waals surface area contributed by atoms with Crippen molar-refractivity contribution in [1.82, 2.24) is 19.4 Å². The van der Waals surface area contributed by atoms with E-state index in [0.717, 1.165) is 17.3 Å². The lowest BCUT2D eigenvalue weighted by atomic mass is 10.2. The third kappa shape index (κ3) is 4.13. The number of nitrogens with zero attached hydrogens (tertiary/aromatic N) is 4. The van der Waals surface area contributed by atoms with Crippen LogP contribution in [0.1, 0.15) is 30.0 Å². The summed E-state index contributed by atoms with van der Waals surface area (Å²) < 4.78 is 13.2. The Morgan fingerprint density at radius 2 is 2.08 bits per heavy atom. The Hall–Kier alpha value is -2.19. The quantitative estimate of drug-likeness (QED) is 0.447. The van der Waals surface area contributed by atoms with Crippen LogP contribution in [0.25, 0.3) is 5.65 Å². The van der Waals surface area contributed by atoms with Crippen molar-refractivity contribution in [2.45, 2.75) is 25.3 Å². The van der Waals surface area contributed by atoms with Crippen LogP contribution in [0.3, 0.4) is 0 Å². The van der Waals surface area contributed by atoms with Gasteiger partial charge in [0.05, 0.1) is 18.8 Å². The van der Waals surface area contributed by atoms with E-state index < -0.39 is 0 Å². The standard InChI is InChI=1S/C18H20BrN5O2/c1-25-6-7-26-18-22-15(19)8-16(23-18)20-9-14-11-24-10-13(12-2-3-12)4-5-17(24)21-14/h4-5,8,10-12H,2-3,6-7,9H2,1H3,(H,20,22,23). The Kier molecular flexibility index (Phi) is 5.03. The minimum Gasteiger partial charge on any atom is -0.461 e. The van der Waals surface area contributed by atoms with Gasteiger partial charge in [-0.2, -0.15) is 9.97 Å². The molecule has 4 rings (SSSR count). The summed E-state index contributed by atoms with van der Waals surface area (Å²) in [5, 5.41) is 3.28. The topological polar surface area (TPSA) is 73.6 Å². The van der Waals surface area contributed by atoms with Crippen molar-refractivity contribution < 1.29 is 9.47 Å². The van der Waals surface area contributed by atoms with Crippen LogP contribution in [-0.4, -0.2) is 39.7 Å². The SMILES string of the molecule is COCCOc1nc(Br)cc(NCc2cn3cc(C4CC4)ccc3n2)n1. The molecule has 0 aromatic carbocycles. The van der Waals surface area contributed by atoms with Gasteiger partial charge in [0, 0.05) is 25.6 Å². The monoisotopic (exact) mass is 417 g/mol.